The van der Waals surface area contributed by atoms with E-state index in [1.807, 2.05) is 0 Å². The Hall–Kier alpha value is -1.69. The zero-order chi connectivity index (χ0) is 16.7. The van der Waals surface area contributed by atoms with E-state index in [1.165, 1.54) is 6.07 Å². The number of halogens is 3. The van der Waals surface area contributed by atoms with E-state index in [0.29, 0.717) is 17.9 Å². The average Bonchev–Trinajstić information content (AvgIpc) is 3.03. The van der Waals surface area contributed by atoms with Crippen LogP contribution >= 0.6 is 0 Å². The Morgan fingerprint density at radius 1 is 1.12 bits per heavy atom. The molecule has 0 bridgehead atoms. The number of alkyl halides is 3. The molecule has 1 aromatic rings. The van der Waals surface area contributed by atoms with Crippen LogP contribution in [0, 0.1) is 11.8 Å². The number of hydrogen-bond donors (Lipinski definition) is 2. The molecule has 2 N–H and O–H groups in total. The molecule has 0 spiro atoms. The summed E-state index contributed by atoms with van der Waals surface area (Å²) in [6, 6.07) is 5.06. The van der Waals surface area contributed by atoms with Gasteiger partial charge >= 0.3 is 6.36 Å². The van der Waals surface area contributed by atoms with E-state index in [9.17, 15) is 13.2 Å². The van der Waals surface area contributed by atoms with Gasteiger partial charge in [0.15, 0.2) is 0 Å². The lowest BCUT2D eigenvalue weighted by molar-refractivity contribution is -0.274. The van der Waals surface area contributed by atoms with Gasteiger partial charge in [0.05, 0.1) is 0 Å². The first kappa shape index (κ1) is 15.8. The summed E-state index contributed by atoms with van der Waals surface area (Å²) in [6.07, 6.45) is 2.93. The van der Waals surface area contributed by atoms with Gasteiger partial charge in [-0.05, 0) is 68.0 Å². The molecule has 1 aromatic carbocycles. The van der Waals surface area contributed by atoms with Gasteiger partial charge in [-0.15, -0.1) is 13.2 Å². The van der Waals surface area contributed by atoms with E-state index in [4.69, 9.17) is 0 Å². The second-order valence-electron chi connectivity index (χ2n) is 6.91. The standard InChI is InChI=1S/C18H21F3N2O/c19-18(20,21)24-12-4-5-16-15(10-12)13-2-1-3-14(13)17(23-16)11-6-8-22-9-7-11/h1-2,4-5,10-11,13-14,17,22-23H,3,6-9H2. The normalized spacial score (nSPS) is 29.7. The van der Waals surface area contributed by atoms with Crippen LogP contribution in [-0.2, 0) is 0 Å². The summed E-state index contributed by atoms with van der Waals surface area (Å²) in [5.74, 6) is 1.07. The molecule has 1 saturated heterocycles. The Morgan fingerprint density at radius 3 is 2.67 bits per heavy atom. The molecule has 4 rings (SSSR count). The van der Waals surface area contributed by atoms with E-state index in [0.717, 1.165) is 43.6 Å². The molecule has 0 amide bonds. The molecule has 1 fully saturated rings. The van der Waals surface area contributed by atoms with Gasteiger partial charge in [0.25, 0.3) is 0 Å². The molecule has 0 aromatic heterocycles. The summed E-state index contributed by atoms with van der Waals surface area (Å²) in [4.78, 5) is 0. The van der Waals surface area contributed by atoms with Crippen molar-refractivity contribution in [2.24, 2.45) is 11.8 Å². The molecular formula is C18H21F3N2O. The van der Waals surface area contributed by atoms with E-state index in [-0.39, 0.29) is 11.7 Å². The number of piperidine rings is 1. The first-order valence-electron chi connectivity index (χ1n) is 8.55. The van der Waals surface area contributed by atoms with E-state index in [2.05, 4.69) is 27.5 Å². The molecule has 3 unspecified atom stereocenters. The van der Waals surface area contributed by atoms with Gasteiger partial charge in [0.2, 0.25) is 0 Å². The molecule has 1 aliphatic carbocycles. The Kier molecular flexibility index (Phi) is 3.95. The van der Waals surface area contributed by atoms with Gasteiger partial charge < -0.3 is 15.4 Å². The lowest BCUT2D eigenvalue weighted by atomic mass is 9.72. The Morgan fingerprint density at radius 2 is 1.92 bits per heavy atom. The van der Waals surface area contributed by atoms with Gasteiger partial charge in [-0.1, -0.05) is 12.2 Å². The molecule has 3 aliphatic rings. The van der Waals surface area contributed by atoms with Crippen molar-refractivity contribution in [3.63, 3.8) is 0 Å². The van der Waals surface area contributed by atoms with Crippen molar-refractivity contribution in [3.8, 4) is 5.75 Å². The van der Waals surface area contributed by atoms with Crippen LogP contribution in [0.5, 0.6) is 5.75 Å². The lowest BCUT2D eigenvalue weighted by Gasteiger charge is -2.42. The van der Waals surface area contributed by atoms with Crippen LogP contribution < -0.4 is 15.4 Å². The fraction of sp³-hybridized carbons (Fsp3) is 0.556. The number of nitrogens with one attached hydrogen (secondary N) is 2. The summed E-state index contributed by atoms with van der Waals surface area (Å²) in [6.45, 7) is 2.08. The molecule has 2 aliphatic heterocycles. The Balaban J connectivity index is 1.63. The number of rotatable bonds is 2. The van der Waals surface area contributed by atoms with Crippen LogP contribution in [0.4, 0.5) is 18.9 Å². The molecule has 0 saturated carbocycles. The monoisotopic (exact) mass is 338 g/mol. The molecule has 24 heavy (non-hydrogen) atoms. The van der Waals surface area contributed by atoms with Crippen molar-refractivity contribution in [2.45, 2.75) is 37.6 Å². The van der Waals surface area contributed by atoms with Gasteiger partial charge in [-0.3, -0.25) is 0 Å². The zero-order valence-electron chi connectivity index (χ0n) is 13.3. The zero-order valence-corrected chi connectivity index (χ0v) is 13.3. The van der Waals surface area contributed by atoms with Crippen LogP contribution in [0.3, 0.4) is 0 Å². The topological polar surface area (TPSA) is 33.3 Å². The van der Waals surface area contributed by atoms with Crippen molar-refractivity contribution in [1.29, 1.82) is 0 Å². The highest BCUT2D eigenvalue weighted by atomic mass is 19.4. The number of ether oxygens (including phenoxy) is 1. The van der Waals surface area contributed by atoms with Crippen molar-refractivity contribution >= 4 is 5.69 Å². The van der Waals surface area contributed by atoms with E-state index < -0.39 is 6.36 Å². The fourth-order valence-electron chi connectivity index (χ4n) is 4.48. The number of allylic oxidation sites excluding steroid dienone is 2. The predicted octanol–water partition coefficient (Wildman–Crippen LogP) is 4.04. The van der Waals surface area contributed by atoms with Crippen LogP contribution in [0.2, 0.25) is 0 Å². The highest BCUT2D eigenvalue weighted by Crippen LogP contribution is 2.48. The van der Waals surface area contributed by atoms with Crippen LogP contribution in [-0.4, -0.2) is 25.5 Å². The third kappa shape index (κ3) is 2.99. The van der Waals surface area contributed by atoms with Gasteiger partial charge in [0, 0.05) is 17.6 Å². The summed E-state index contributed by atoms with van der Waals surface area (Å²) in [5.41, 5.74) is 1.86. The quantitative estimate of drug-likeness (QED) is 0.799. The SMILES string of the molecule is FC(F)(F)Oc1ccc2c(c1)C1C=CCC1C(C1CCNCC1)N2. The molecule has 6 heteroatoms. The lowest BCUT2D eigenvalue weighted by Crippen LogP contribution is -2.45. The van der Waals surface area contributed by atoms with Crippen molar-refractivity contribution < 1.29 is 17.9 Å². The fourth-order valence-corrected chi connectivity index (χ4v) is 4.48. The van der Waals surface area contributed by atoms with E-state index >= 15 is 0 Å². The molecular weight excluding hydrogens is 317 g/mol. The van der Waals surface area contributed by atoms with Gasteiger partial charge in [-0.25, -0.2) is 0 Å². The van der Waals surface area contributed by atoms with Crippen LogP contribution in [0.15, 0.2) is 30.4 Å². The maximum atomic E-state index is 12.5. The number of anilines is 1. The van der Waals surface area contributed by atoms with Crippen molar-refractivity contribution in [3.05, 3.63) is 35.9 Å². The summed E-state index contributed by atoms with van der Waals surface area (Å²) < 4.78 is 41.6. The summed E-state index contributed by atoms with van der Waals surface area (Å²) in [7, 11) is 0. The Labute approximate surface area is 139 Å². The average molecular weight is 338 g/mol. The highest BCUT2D eigenvalue weighted by Gasteiger charge is 2.41. The molecule has 130 valence electrons. The molecule has 3 nitrogen and oxygen atoms in total. The van der Waals surface area contributed by atoms with Crippen molar-refractivity contribution in [1.82, 2.24) is 5.32 Å². The second kappa shape index (κ2) is 5.99. The smallest absolute Gasteiger partial charge is 0.406 e. The minimum atomic E-state index is -4.65. The Bertz CT molecular complexity index is 638. The maximum absolute atomic E-state index is 12.5. The van der Waals surface area contributed by atoms with Crippen LogP contribution in [0.1, 0.15) is 30.7 Å². The first-order chi connectivity index (χ1) is 11.5. The largest absolute Gasteiger partial charge is 0.573 e. The number of fused-ring (bicyclic) bond motifs is 3. The van der Waals surface area contributed by atoms with Crippen molar-refractivity contribution in [2.75, 3.05) is 18.4 Å². The maximum Gasteiger partial charge on any atom is 0.573 e. The third-order valence-corrected chi connectivity index (χ3v) is 5.50. The molecule has 0 radical (unpaired) electrons. The number of hydrogen-bond acceptors (Lipinski definition) is 3. The van der Waals surface area contributed by atoms with E-state index in [1.54, 1.807) is 12.1 Å². The van der Waals surface area contributed by atoms with Crippen LogP contribution in [0.25, 0.3) is 0 Å². The summed E-state index contributed by atoms with van der Waals surface area (Å²) >= 11 is 0. The van der Waals surface area contributed by atoms with Gasteiger partial charge in [-0.2, -0.15) is 0 Å². The third-order valence-electron chi connectivity index (χ3n) is 5.50. The second-order valence-corrected chi connectivity index (χ2v) is 6.91. The first-order valence-corrected chi connectivity index (χ1v) is 8.55. The highest BCUT2D eigenvalue weighted by molar-refractivity contribution is 5.61. The minimum Gasteiger partial charge on any atom is -0.406 e. The van der Waals surface area contributed by atoms with Gasteiger partial charge in [0.1, 0.15) is 5.75 Å². The predicted molar refractivity (Wildman–Crippen MR) is 86.1 cm³/mol. The minimum absolute atomic E-state index is 0.137. The number of benzene rings is 1. The molecule has 2 heterocycles. The molecule has 3 atom stereocenters. The summed E-state index contributed by atoms with van der Waals surface area (Å²) in [5, 5.41) is 7.02.